The first-order valence-electron chi connectivity index (χ1n) is 10.6. The van der Waals surface area contributed by atoms with Crippen LogP contribution in [0.4, 0.5) is 0 Å². The average molecular weight is 391 g/mol. The Morgan fingerprint density at radius 2 is 1.48 bits per heavy atom. The predicted octanol–water partition coefficient (Wildman–Crippen LogP) is 6.50. The minimum absolute atomic E-state index is 0.147. The molecule has 1 fully saturated rings. The molecule has 0 spiro atoms. The van der Waals surface area contributed by atoms with Gasteiger partial charge in [0.1, 0.15) is 0 Å². The minimum Gasteiger partial charge on any atom is -0.384 e. The van der Waals surface area contributed by atoms with Gasteiger partial charge in [-0.1, -0.05) is 85.8 Å². The molecule has 2 nitrogen and oxygen atoms in total. The van der Waals surface area contributed by atoms with Gasteiger partial charge in [-0.3, -0.25) is 0 Å². The molecule has 0 bridgehead atoms. The van der Waals surface area contributed by atoms with E-state index in [1.807, 2.05) is 0 Å². The molecule has 0 radical (unpaired) electrons. The zero-order chi connectivity index (χ0) is 20.5. The van der Waals surface area contributed by atoms with Gasteiger partial charge in [-0.25, -0.2) is 0 Å². The van der Waals surface area contributed by atoms with Crippen LogP contribution in [0.15, 0.2) is 72.3 Å². The Labute approximate surface area is 176 Å². The van der Waals surface area contributed by atoms with Gasteiger partial charge < -0.3 is 9.47 Å². The summed E-state index contributed by atoms with van der Waals surface area (Å²) in [5, 5.41) is 0. The van der Waals surface area contributed by atoms with Crippen molar-refractivity contribution in [2.75, 3.05) is 27.4 Å². The Balaban J connectivity index is 1.81. The molecular formula is C27H34O2. The Bertz CT molecular complexity index is 786. The summed E-state index contributed by atoms with van der Waals surface area (Å²) in [5.74, 6) is 1.29. The Hall–Kier alpha value is -2.16. The van der Waals surface area contributed by atoms with Gasteiger partial charge in [-0.2, -0.15) is 0 Å². The number of hydrogen-bond donors (Lipinski definition) is 0. The third kappa shape index (κ3) is 6.16. The molecule has 1 aliphatic carbocycles. The Morgan fingerprint density at radius 1 is 0.897 bits per heavy atom. The second-order valence-electron chi connectivity index (χ2n) is 8.59. The molecule has 1 aliphatic rings. The van der Waals surface area contributed by atoms with Crippen LogP contribution in [0, 0.1) is 17.3 Å². The Kier molecular flexibility index (Phi) is 7.85. The molecule has 0 aliphatic heterocycles. The number of allylic oxidation sites excluding steroid dienone is 2. The van der Waals surface area contributed by atoms with E-state index < -0.39 is 0 Å². The third-order valence-corrected chi connectivity index (χ3v) is 6.09. The molecule has 0 aromatic heterocycles. The first-order valence-corrected chi connectivity index (χ1v) is 10.6. The van der Waals surface area contributed by atoms with Gasteiger partial charge in [-0.05, 0) is 47.8 Å². The lowest BCUT2D eigenvalue weighted by Gasteiger charge is -2.27. The van der Waals surface area contributed by atoms with Crippen LogP contribution in [-0.2, 0) is 9.47 Å². The highest BCUT2D eigenvalue weighted by molar-refractivity contribution is 5.61. The van der Waals surface area contributed by atoms with Crippen molar-refractivity contribution in [2.24, 2.45) is 17.3 Å². The summed E-state index contributed by atoms with van der Waals surface area (Å²) in [6.07, 6.45) is 10.3. The van der Waals surface area contributed by atoms with E-state index in [1.165, 1.54) is 23.1 Å². The van der Waals surface area contributed by atoms with E-state index >= 15 is 0 Å². The molecule has 2 aromatic rings. The molecule has 2 heteroatoms. The largest absolute Gasteiger partial charge is 0.384 e. The highest BCUT2D eigenvalue weighted by Crippen LogP contribution is 2.48. The van der Waals surface area contributed by atoms with E-state index in [9.17, 15) is 0 Å². The van der Waals surface area contributed by atoms with Crippen LogP contribution in [0.3, 0.4) is 0 Å². The first kappa shape index (κ1) is 21.5. The number of ether oxygens (including phenoxy) is 2. The lowest BCUT2D eigenvalue weighted by molar-refractivity contribution is 0.0107. The van der Waals surface area contributed by atoms with Gasteiger partial charge in [0.2, 0.25) is 0 Å². The number of rotatable bonds is 9. The lowest BCUT2D eigenvalue weighted by atomic mass is 9.85. The summed E-state index contributed by atoms with van der Waals surface area (Å²) in [4.78, 5) is 0. The zero-order valence-electron chi connectivity index (χ0n) is 18.0. The molecule has 154 valence electrons. The molecule has 1 saturated carbocycles. The van der Waals surface area contributed by atoms with Crippen molar-refractivity contribution in [2.45, 2.75) is 26.2 Å². The highest BCUT2D eigenvalue weighted by Gasteiger charge is 2.43. The van der Waals surface area contributed by atoms with Crippen molar-refractivity contribution in [3.63, 3.8) is 0 Å². The average Bonchev–Trinajstić information content (AvgIpc) is 3.03. The normalized spacial score (nSPS) is 21.7. The second kappa shape index (κ2) is 10.6. The fraction of sp³-hybridized carbons (Fsp3) is 0.407. The first-order chi connectivity index (χ1) is 14.1. The predicted molar refractivity (Wildman–Crippen MR) is 123 cm³/mol. The zero-order valence-corrected chi connectivity index (χ0v) is 18.0. The van der Waals surface area contributed by atoms with Crippen molar-refractivity contribution in [3.8, 4) is 0 Å². The summed E-state index contributed by atoms with van der Waals surface area (Å²) in [6.45, 7) is 3.94. The van der Waals surface area contributed by atoms with Crippen LogP contribution < -0.4 is 0 Å². The van der Waals surface area contributed by atoms with Crippen molar-refractivity contribution < 1.29 is 9.47 Å². The minimum atomic E-state index is 0.147. The van der Waals surface area contributed by atoms with Crippen molar-refractivity contribution >= 4 is 12.2 Å². The van der Waals surface area contributed by atoms with E-state index in [-0.39, 0.29) is 5.41 Å². The molecule has 0 N–H and O–H groups in total. The molecule has 0 amide bonds. The summed E-state index contributed by atoms with van der Waals surface area (Å²) in [5.41, 5.74) is 4.02. The van der Waals surface area contributed by atoms with Gasteiger partial charge in [0.25, 0.3) is 0 Å². The summed E-state index contributed by atoms with van der Waals surface area (Å²) in [7, 11) is 3.61. The quantitative estimate of drug-likeness (QED) is 0.455. The number of methoxy groups -OCH3 is 2. The monoisotopic (exact) mass is 390 g/mol. The third-order valence-electron chi connectivity index (χ3n) is 6.09. The van der Waals surface area contributed by atoms with Gasteiger partial charge in [0.15, 0.2) is 0 Å². The molecule has 3 rings (SSSR count). The van der Waals surface area contributed by atoms with Crippen LogP contribution in [0.25, 0.3) is 12.2 Å². The van der Waals surface area contributed by atoms with Gasteiger partial charge in [-0.15, -0.1) is 0 Å². The summed E-state index contributed by atoms with van der Waals surface area (Å²) in [6, 6.07) is 21.2. The van der Waals surface area contributed by atoms with E-state index in [0.29, 0.717) is 11.8 Å². The molecule has 0 unspecified atom stereocenters. The van der Waals surface area contributed by atoms with Crippen LogP contribution in [-0.4, -0.2) is 27.4 Å². The SMILES string of the molecule is COCC1(COC)C[C@@H](CC(/C=C\c2ccccc2)=C\c2ccccc2)[C@H](C)C1. The van der Waals surface area contributed by atoms with E-state index in [1.54, 1.807) is 14.2 Å². The van der Waals surface area contributed by atoms with Crippen LogP contribution in [0.1, 0.15) is 37.3 Å². The fourth-order valence-electron chi connectivity index (χ4n) is 4.86. The maximum atomic E-state index is 5.58. The molecule has 29 heavy (non-hydrogen) atoms. The van der Waals surface area contributed by atoms with E-state index in [4.69, 9.17) is 9.47 Å². The summed E-state index contributed by atoms with van der Waals surface area (Å²) < 4.78 is 11.2. The number of benzene rings is 2. The number of hydrogen-bond acceptors (Lipinski definition) is 2. The molecule has 0 saturated heterocycles. The molecule has 0 heterocycles. The van der Waals surface area contributed by atoms with Crippen LogP contribution >= 0.6 is 0 Å². The van der Waals surface area contributed by atoms with Crippen LogP contribution in [0.5, 0.6) is 0 Å². The standard InChI is InChI=1S/C27H34O2/c1-22-18-27(20-28-2,21-29-3)19-26(22)17-25(16-24-12-8-5-9-13-24)15-14-23-10-6-4-7-11-23/h4-16,22,26H,17-21H2,1-3H3/b15-14-,25-16-/t22-,26-/m1/s1. The molecule has 2 aromatic carbocycles. The molecule has 2 atom stereocenters. The van der Waals surface area contributed by atoms with Gasteiger partial charge in [0.05, 0.1) is 13.2 Å². The molecular weight excluding hydrogens is 356 g/mol. The van der Waals surface area contributed by atoms with Gasteiger partial charge >= 0.3 is 0 Å². The topological polar surface area (TPSA) is 18.5 Å². The van der Waals surface area contributed by atoms with Gasteiger partial charge in [0, 0.05) is 19.6 Å². The Morgan fingerprint density at radius 3 is 2.07 bits per heavy atom. The maximum absolute atomic E-state index is 5.58. The van der Waals surface area contributed by atoms with Crippen molar-refractivity contribution in [3.05, 3.63) is 83.4 Å². The van der Waals surface area contributed by atoms with E-state index in [2.05, 4.69) is 85.8 Å². The van der Waals surface area contributed by atoms with E-state index in [0.717, 1.165) is 26.1 Å². The highest BCUT2D eigenvalue weighted by atomic mass is 16.5. The summed E-state index contributed by atoms with van der Waals surface area (Å²) >= 11 is 0. The lowest BCUT2D eigenvalue weighted by Crippen LogP contribution is -2.29. The van der Waals surface area contributed by atoms with Crippen LogP contribution in [0.2, 0.25) is 0 Å². The maximum Gasteiger partial charge on any atom is 0.0540 e. The second-order valence-corrected chi connectivity index (χ2v) is 8.59. The smallest absolute Gasteiger partial charge is 0.0540 e. The van der Waals surface area contributed by atoms with Crippen molar-refractivity contribution in [1.29, 1.82) is 0 Å². The fourth-order valence-corrected chi connectivity index (χ4v) is 4.86. The van der Waals surface area contributed by atoms with Crippen molar-refractivity contribution in [1.82, 2.24) is 0 Å².